The Hall–Kier alpha value is -1.02. The number of benzene rings is 1. The summed E-state index contributed by atoms with van der Waals surface area (Å²) in [5.41, 5.74) is 1.82. The summed E-state index contributed by atoms with van der Waals surface area (Å²) in [5, 5.41) is 10.2. The molecule has 0 aromatic heterocycles. The Morgan fingerprint density at radius 1 is 1.25 bits per heavy atom. The summed E-state index contributed by atoms with van der Waals surface area (Å²) < 4.78 is 5.75. The van der Waals surface area contributed by atoms with Crippen molar-refractivity contribution >= 4 is 0 Å². The van der Waals surface area contributed by atoms with E-state index in [1.807, 2.05) is 12.1 Å². The van der Waals surface area contributed by atoms with E-state index in [4.69, 9.17) is 4.74 Å². The van der Waals surface area contributed by atoms with Gasteiger partial charge in [0.15, 0.2) is 0 Å². The average Bonchev–Trinajstić information content (AvgIpc) is 2.68. The molecule has 16 heavy (non-hydrogen) atoms. The van der Waals surface area contributed by atoms with Gasteiger partial charge in [-0.2, -0.15) is 0 Å². The third-order valence-corrected chi connectivity index (χ3v) is 3.59. The van der Waals surface area contributed by atoms with Crippen LogP contribution < -0.4 is 4.74 Å². The van der Waals surface area contributed by atoms with Gasteiger partial charge in [-0.15, -0.1) is 0 Å². The fourth-order valence-electron chi connectivity index (χ4n) is 2.27. The first-order chi connectivity index (χ1) is 7.61. The summed E-state index contributed by atoms with van der Waals surface area (Å²) in [6, 6.07) is 6.05. The first-order valence-corrected chi connectivity index (χ1v) is 6.02. The smallest absolute Gasteiger partial charge is 0.122 e. The van der Waals surface area contributed by atoms with Crippen molar-refractivity contribution < 1.29 is 9.84 Å². The summed E-state index contributed by atoms with van der Waals surface area (Å²) in [4.78, 5) is 0. The highest BCUT2D eigenvalue weighted by molar-refractivity contribution is 5.38. The number of hydrogen-bond acceptors (Lipinski definition) is 2. The van der Waals surface area contributed by atoms with Gasteiger partial charge in [0, 0.05) is 0 Å². The summed E-state index contributed by atoms with van der Waals surface area (Å²) in [6.45, 7) is 4.56. The Bertz CT molecular complexity index is 365. The molecule has 0 aliphatic heterocycles. The fraction of sp³-hybridized carbons (Fsp3) is 0.571. The van der Waals surface area contributed by atoms with E-state index in [1.165, 1.54) is 11.1 Å². The zero-order chi connectivity index (χ0) is 11.6. The molecule has 0 amide bonds. The molecule has 1 aromatic rings. The largest absolute Gasteiger partial charge is 0.490 e. The Kier molecular flexibility index (Phi) is 3.20. The topological polar surface area (TPSA) is 29.5 Å². The van der Waals surface area contributed by atoms with Crippen LogP contribution in [0.15, 0.2) is 18.2 Å². The molecular weight excluding hydrogens is 200 g/mol. The highest BCUT2D eigenvalue weighted by atomic mass is 16.5. The van der Waals surface area contributed by atoms with E-state index in [-0.39, 0.29) is 0 Å². The monoisotopic (exact) mass is 220 g/mol. The molecule has 0 saturated heterocycles. The van der Waals surface area contributed by atoms with Crippen LogP contribution in [-0.2, 0) is 0 Å². The zero-order valence-corrected chi connectivity index (χ0v) is 10.1. The predicted octanol–water partition coefficient (Wildman–Crippen LogP) is 2.99. The lowest BCUT2D eigenvalue weighted by atomic mass is 10.0. The van der Waals surface area contributed by atoms with Crippen molar-refractivity contribution in [2.75, 3.05) is 6.61 Å². The highest BCUT2D eigenvalue weighted by Gasteiger charge is 2.31. The van der Waals surface area contributed by atoms with Crippen molar-refractivity contribution in [1.29, 1.82) is 0 Å². The molecule has 1 aliphatic carbocycles. The molecule has 1 saturated carbocycles. The van der Waals surface area contributed by atoms with Crippen LogP contribution in [0.25, 0.3) is 0 Å². The molecule has 0 heterocycles. The van der Waals surface area contributed by atoms with Gasteiger partial charge in [-0.1, -0.05) is 25.0 Å². The van der Waals surface area contributed by atoms with Crippen molar-refractivity contribution in [2.24, 2.45) is 0 Å². The molecule has 0 atom stereocenters. The van der Waals surface area contributed by atoms with Crippen molar-refractivity contribution in [3.05, 3.63) is 29.3 Å². The molecule has 1 aromatic carbocycles. The van der Waals surface area contributed by atoms with Crippen LogP contribution in [-0.4, -0.2) is 17.3 Å². The predicted molar refractivity (Wildman–Crippen MR) is 64.8 cm³/mol. The minimum atomic E-state index is -0.587. The standard InChI is InChI=1S/C14H20O2/c1-11-6-5-7-13(12(11)2)16-10-14(15)8-3-4-9-14/h5-7,15H,3-4,8-10H2,1-2H3. The molecule has 0 bridgehead atoms. The average molecular weight is 220 g/mol. The highest BCUT2D eigenvalue weighted by Crippen LogP contribution is 2.31. The van der Waals surface area contributed by atoms with Gasteiger partial charge < -0.3 is 9.84 Å². The van der Waals surface area contributed by atoms with Gasteiger partial charge >= 0.3 is 0 Å². The number of aryl methyl sites for hydroxylation is 1. The van der Waals surface area contributed by atoms with Gasteiger partial charge in [0.05, 0.1) is 5.60 Å². The van der Waals surface area contributed by atoms with Crippen LogP contribution in [0, 0.1) is 13.8 Å². The third-order valence-electron chi connectivity index (χ3n) is 3.59. The van der Waals surface area contributed by atoms with Crippen LogP contribution in [0.1, 0.15) is 36.8 Å². The van der Waals surface area contributed by atoms with Crippen LogP contribution >= 0.6 is 0 Å². The summed E-state index contributed by atoms with van der Waals surface area (Å²) in [6.07, 6.45) is 3.98. The van der Waals surface area contributed by atoms with Gasteiger partial charge in [0.25, 0.3) is 0 Å². The lowest BCUT2D eigenvalue weighted by Gasteiger charge is -2.23. The van der Waals surface area contributed by atoms with E-state index in [9.17, 15) is 5.11 Å². The number of ether oxygens (including phenoxy) is 1. The van der Waals surface area contributed by atoms with Gasteiger partial charge in [0.1, 0.15) is 12.4 Å². The van der Waals surface area contributed by atoms with Crippen LogP contribution in [0.5, 0.6) is 5.75 Å². The Balaban J connectivity index is 2.02. The quantitative estimate of drug-likeness (QED) is 0.848. The molecule has 0 unspecified atom stereocenters. The summed E-state index contributed by atoms with van der Waals surface area (Å²) >= 11 is 0. The molecule has 88 valence electrons. The lowest BCUT2D eigenvalue weighted by molar-refractivity contribution is 0.00120. The van der Waals surface area contributed by atoms with Crippen molar-refractivity contribution in [2.45, 2.75) is 45.1 Å². The Labute approximate surface area is 97.3 Å². The van der Waals surface area contributed by atoms with E-state index in [0.29, 0.717) is 6.61 Å². The molecule has 1 fully saturated rings. The molecule has 2 nitrogen and oxygen atoms in total. The summed E-state index contributed by atoms with van der Waals surface area (Å²) in [7, 11) is 0. The third kappa shape index (κ3) is 2.38. The van der Waals surface area contributed by atoms with E-state index in [0.717, 1.165) is 31.4 Å². The minimum Gasteiger partial charge on any atom is -0.490 e. The Morgan fingerprint density at radius 3 is 2.62 bits per heavy atom. The first kappa shape index (κ1) is 11.5. The number of hydrogen-bond donors (Lipinski definition) is 1. The molecule has 2 rings (SSSR count). The van der Waals surface area contributed by atoms with E-state index < -0.39 is 5.60 Å². The minimum absolute atomic E-state index is 0.428. The maximum Gasteiger partial charge on any atom is 0.122 e. The second-order valence-electron chi connectivity index (χ2n) is 4.92. The normalized spacial score (nSPS) is 18.7. The fourth-order valence-corrected chi connectivity index (χ4v) is 2.27. The van der Waals surface area contributed by atoms with Crippen LogP contribution in [0.2, 0.25) is 0 Å². The van der Waals surface area contributed by atoms with Gasteiger partial charge in [-0.25, -0.2) is 0 Å². The van der Waals surface area contributed by atoms with Gasteiger partial charge in [0.2, 0.25) is 0 Å². The van der Waals surface area contributed by atoms with Crippen LogP contribution in [0.4, 0.5) is 0 Å². The molecule has 1 N–H and O–H groups in total. The molecular formula is C14H20O2. The molecule has 0 spiro atoms. The first-order valence-electron chi connectivity index (χ1n) is 6.02. The lowest BCUT2D eigenvalue weighted by Crippen LogP contribution is -2.32. The number of rotatable bonds is 3. The van der Waals surface area contributed by atoms with E-state index >= 15 is 0 Å². The maximum atomic E-state index is 10.2. The SMILES string of the molecule is Cc1cccc(OCC2(O)CCCC2)c1C. The zero-order valence-electron chi connectivity index (χ0n) is 10.1. The second-order valence-corrected chi connectivity index (χ2v) is 4.92. The number of aliphatic hydroxyl groups is 1. The van der Waals surface area contributed by atoms with E-state index in [1.54, 1.807) is 0 Å². The van der Waals surface area contributed by atoms with Gasteiger partial charge in [-0.3, -0.25) is 0 Å². The van der Waals surface area contributed by atoms with Gasteiger partial charge in [-0.05, 0) is 43.9 Å². The molecule has 2 heteroatoms. The van der Waals surface area contributed by atoms with Crippen LogP contribution in [0.3, 0.4) is 0 Å². The second kappa shape index (κ2) is 4.46. The van der Waals surface area contributed by atoms with Crippen molar-refractivity contribution in [3.8, 4) is 5.75 Å². The summed E-state index contributed by atoms with van der Waals surface area (Å²) in [5.74, 6) is 0.903. The molecule has 0 radical (unpaired) electrons. The Morgan fingerprint density at radius 2 is 1.94 bits per heavy atom. The van der Waals surface area contributed by atoms with Crippen molar-refractivity contribution in [3.63, 3.8) is 0 Å². The molecule has 1 aliphatic rings. The van der Waals surface area contributed by atoms with E-state index in [2.05, 4.69) is 19.9 Å². The van der Waals surface area contributed by atoms with Crippen molar-refractivity contribution in [1.82, 2.24) is 0 Å². The maximum absolute atomic E-state index is 10.2.